The summed E-state index contributed by atoms with van der Waals surface area (Å²) in [5.41, 5.74) is 1.19. The Hall–Kier alpha value is -1.58. The Bertz CT molecular complexity index is 361. The van der Waals surface area contributed by atoms with E-state index in [1.165, 1.54) is 5.69 Å². The summed E-state index contributed by atoms with van der Waals surface area (Å²) in [7, 11) is 0. The molecule has 4 heteroatoms. The Labute approximate surface area is 76.9 Å². The zero-order valence-electron chi connectivity index (χ0n) is 7.59. The minimum Gasteiger partial charge on any atom is -0.336 e. The second-order valence-electron chi connectivity index (χ2n) is 3.03. The van der Waals surface area contributed by atoms with E-state index in [2.05, 4.69) is 26.0 Å². The van der Waals surface area contributed by atoms with Gasteiger partial charge < -0.3 is 9.13 Å². The van der Waals surface area contributed by atoms with Crippen LogP contribution < -0.4 is 0 Å². The molecule has 0 fully saturated rings. The number of aryl methyl sites for hydroxylation is 3. The van der Waals surface area contributed by atoms with Crippen LogP contribution in [0.25, 0.3) is 0 Å². The van der Waals surface area contributed by atoms with Crippen LogP contribution >= 0.6 is 0 Å². The predicted octanol–water partition coefficient (Wildman–Crippen LogP) is 1.09. The van der Waals surface area contributed by atoms with Crippen LogP contribution in [-0.2, 0) is 13.1 Å². The van der Waals surface area contributed by atoms with E-state index in [9.17, 15) is 0 Å². The van der Waals surface area contributed by atoms with Gasteiger partial charge in [0.25, 0.3) is 0 Å². The number of aromatic nitrogens is 4. The number of hydrogen-bond donors (Lipinski definition) is 0. The fraction of sp³-hybridized carbons (Fsp3) is 0.333. The van der Waals surface area contributed by atoms with Crippen molar-refractivity contribution in [3.05, 3.63) is 36.9 Å². The Morgan fingerprint density at radius 2 is 2.15 bits per heavy atom. The Morgan fingerprint density at radius 1 is 1.23 bits per heavy atom. The van der Waals surface area contributed by atoms with Gasteiger partial charge in [0, 0.05) is 37.4 Å². The molecule has 0 aliphatic heterocycles. The van der Waals surface area contributed by atoms with Gasteiger partial charge in [-0.05, 0) is 6.92 Å². The summed E-state index contributed by atoms with van der Waals surface area (Å²) in [5, 5.41) is 0. The van der Waals surface area contributed by atoms with E-state index in [0.717, 1.165) is 13.1 Å². The highest BCUT2D eigenvalue weighted by Crippen LogP contribution is 1.97. The van der Waals surface area contributed by atoms with Crippen LogP contribution in [0.15, 0.2) is 31.2 Å². The molecule has 2 rings (SSSR count). The third kappa shape index (κ3) is 1.77. The summed E-state index contributed by atoms with van der Waals surface area (Å²) in [5.74, 6) is 0. The monoisotopic (exact) mass is 176 g/mol. The maximum absolute atomic E-state index is 4.06. The molecule has 68 valence electrons. The summed E-state index contributed by atoms with van der Waals surface area (Å²) in [6.07, 6.45) is 9.31. The van der Waals surface area contributed by atoms with Crippen LogP contribution in [0.3, 0.4) is 0 Å². The van der Waals surface area contributed by atoms with Gasteiger partial charge >= 0.3 is 0 Å². The normalized spacial score (nSPS) is 10.5. The molecule has 0 saturated heterocycles. The van der Waals surface area contributed by atoms with Crippen molar-refractivity contribution in [3.63, 3.8) is 0 Å². The first-order valence-corrected chi connectivity index (χ1v) is 4.29. The minimum atomic E-state index is 0.942. The molecule has 0 aromatic carbocycles. The second-order valence-corrected chi connectivity index (χ2v) is 3.03. The van der Waals surface area contributed by atoms with E-state index in [-0.39, 0.29) is 0 Å². The van der Waals surface area contributed by atoms with E-state index in [0.29, 0.717) is 0 Å². The van der Waals surface area contributed by atoms with Crippen molar-refractivity contribution < 1.29 is 0 Å². The molecule has 2 aromatic heterocycles. The zero-order chi connectivity index (χ0) is 9.10. The van der Waals surface area contributed by atoms with Crippen molar-refractivity contribution in [2.45, 2.75) is 20.0 Å². The lowest BCUT2D eigenvalue weighted by Crippen LogP contribution is -2.05. The summed E-state index contributed by atoms with van der Waals surface area (Å²) in [6, 6.07) is 0. The van der Waals surface area contributed by atoms with Crippen LogP contribution in [0.5, 0.6) is 0 Å². The van der Waals surface area contributed by atoms with Gasteiger partial charge in [0.1, 0.15) is 0 Å². The first-order chi connectivity index (χ1) is 6.36. The van der Waals surface area contributed by atoms with Crippen molar-refractivity contribution in [3.8, 4) is 0 Å². The molecule has 0 aliphatic carbocycles. The lowest BCUT2D eigenvalue weighted by molar-refractivity contribution is 0.569. The van der Waals surface area contributed by atoms with E-state index >= 15 is 0 Å². The number of rotatable bonds is 3. The second kappa shape index (κ2) is 3.43. The lowest BCUT2D eigenvalue weighted by atomic mass is 10.5. The van der Waals surface area contributed by atoms with Crippen LogP contribution in [0.4, 0.5) is 0 Å². The van der Waals surface area contributed by atoms with Crippen molar-refractivity contribution in [2.24, 2.45) is 0 Å². The van der Waals surface area contributed by atoms with Gasteiger partial charge in [-0.15, -0.1) is 0 Å². The molecule has 2 aromatic rings. The van der Waals surface area contributed by atoms with Gasteiger partial charge in [0.2, 0.25) is 0 Å². The first-order valence-electron chi connectivity index (χ1n) is 4.29. The van der Waals surface area contributed by atoms with Crippen molar-refractivity contribution >= 4 is 0 Å². The summed E-state index contributed by atoms with van der Waals surface area (Å²) in [4.78, 5) is 8.04. The highest BCUT2D eigenvalue weighted by Gasteiger charge is 1.95. The molecule has 4 nitrogen and oxygen atoms in total. The van der Waals surface area contributed by atoms with Gasteiger partial charge in [-0.1, -0.05) is 0 Å². The smallest absolute Gasteiger partial charge is 0.0948 e. The van der Waals surface area contributed by atoms with E-state index in [4.69, 9.17) is 0 Å². The first kappa shape index (κ1) is 8.04. The van der Waals surface area contributed by atoms with Crippen molar-refractivity contribution in [1.82, 2.24) is 19.1 Å². The molecule has 0 amide bonds. The Morgan fingerprint density at radius 3 is 2.77 bits per heavy atom. The van der Waals surface area contributed by atoms with Gasteiger partial charge in [-0.2, -0.15) is 0 Å². The molecule has 0 unspecified atom stereocenters. The van der Waals surface area contributed by atoms with Crippen LogP contribution in [-0.4, -0.2) is 19.1 Å². The molecule has 0 radical (unpaired) electrons. The SMILES string of the molecule is Cc1cncn1CCn1ccnc1. The minimum absolute atomic E-state index is 0.942. The molecule has 2 heterocycles. The standard InChI is InChI=1S/C9H12N4/c1-9-6-11-8-13(9)5-4-12-3-2-10-7-12/h2-3,6-8H,4-5H2,1H3. The zero-order valence-corrected chi connectivity index (χ0v) is 7.59. The fourth-order valence-electron chi connectivity index (χ4n) is 1.26. The highest BCUT2D eigenvalue weighted by atomic mass is 15.1. The van der Waals surface area contributed by atoms with Gasteiger partial charge in [0.15, 0.2) is 0 Å². The van der Waals surface area contributed by atoms with Crippen molar-refractivity contribution in [2.75, 3.05) is 0 Å². The van der Waals surface area contributed by atoms with Gasteiger partial charge in [-0.25, -0.2) is 9.97 Å². The Kier molecular flexibility index (Phi) is 2.12. The quantitative estimate of drug-likeness (QED) is 0.701. The molecule has 0 saturated carbocycles. The van der Waals surface area contributed by atoms with E-state index in [1.54, 1.807) is 6.20 Å². The van der Waals surface area contributed by atoms with E-state index in [1.807, 2.05) is 25.0 Å². The third-order valence-corrected chi connectivity index (χ3v) is 2.08. The van der Waals surface area contributed by atoms with Gasteiger partial charge in [-0.3, -0.25) is 0 Å². The van der Waals surface area contributed by atoms with Gasteiger partial charge in [0.05, 0.1) is 12.7 Å². The fourth-order valence-corrected chi connectivity index (χ4v) is 1.26. The summed E-state index contributed by atoms with van der Waals surface area (Å²) < 4.78 is 4.18. The predicted molar refractivity (Wildman–Crippen MR) is 49.2 cm³/mol. The number of hydrogen-bond acceptors (Lipinski definition) is 2. The molecular weight excluding hydrogens is 164 g/mol. The maximum atomic E-state index is 4.06. The highest BCUT2D eigenvalue weighted by molar-refractivity contribution is 4.93. The molecule has 0 atom stereocenters. The summed E-state index contributed by atoms with van der Waals surface area (Å²) >= 11 is 0. The topological polar surface area (TPSA) is 35.6 Å². The third-order valence-electron chi connectivity index (χ3n) is 2.08. The van der Waals surface area contributed by atoms with E-state index < -0.39 is 0 Å². The van der Waals surface area contributed by atoms with Crippen molar-refractivity contribution in [1.29, 1.82) is 0 Å². The lowest BCUT2D eigenvalue weighted by Gasteiger charge is -2.04. The molecule has 0 bridgehead atoms. The molecule has 0 aliphatic rings. The summed E-state index contributed by atoms with van der Waals surface area (Å²) in [6.45, 7) is 3.94. The number of nitrogens with zero attached hydrogens (tertiary/aromatic N) is 4. The molecule has 0 N–H and O–H groups in total. The average Bonchev–Trinajstić information content (AvgIpc) is 2.72. The largest absolute Gasteiger partial charge is 0.336 e. The number of imidazole rings is 2. The van der Waals surface area contributed by atoms with Crippen LogP contribution in [0, 0.1) is 6.92 Å². The average molecular weight is 176 g/mol. The van der Waals surface area contributed by atoms with Crippen LogP contribution in [0.2, 0.25) is 0 Å². The molecule has 0 spiro atoms. The van der Waals surface area contributed by atoms with Crippen LogP contribution in [0.1, 0.15) is 5.69 Å². The maximum Gasteiger partial charge on any atom is 0.0948 e. The Balaban J connectivity index is 1.97. The molecule has 13 heavy (non-hydrogen) atoms. The molecular formula is C9H12N4.